The molecule has 0 radical (unpaired) electrons. The number of alkyl halides is 3. The number of para-hydroxylation sites is 1. The number of benzene rings is 2. The van der Waals surface area contributed by atoms with Gasteiger partial charge in [-0.3, -0.25) is 9.25 Å². The maximum absolute atomic E-state index is 13.4. The number of nitrogens with zero attached hydrogens (tertiary/aromatic N) is 6. The van der Waals surface area contributed by atoms with Crippen LogP contribution in [0.1, 0.15) is 28.3 Å². The Morgan fingerprint density at radius 2 is 1.76 bits per heavy atom. The average molecular weight is 466 g/mol. The number of halogens is 3. The highest BCUT2D eigenvalue weighted by atomic mass is 19.4. The van der Waals surface area contributed by atoms with Gasteiger partial charge in [-0.05, 0) is 49.7 Å². The van der Waals surface area contributed by atoms with Crippen molar-refractivity contribution in [2.45, 2.75) is 39.5 Å². The van der Waals surface area contributed by atoms with E-state index in [0.717, 1.165) is 23.5 Å². The second-order valence-electron chi connectivity index (χ2n) is 8.25. The maximum Gasteiger partial charge on any atom is 0.416 e. The molecule has 0 N–H and O–H groups in total. The Morgan fingerprint density at radius 1 is 0.971 bits per heavy atom. The first-order chi connectivity index (χ1) is 16.2. The Hall–Kier alpha value is -3.95. The fourth-order valence-electron chi connectivity index (χ4n) is 4.17. The molecule has 0 saturated heterocycles. The van der Waals surface area contributed by atoms with Crippen molar-refractivity contribution < 1.29 is 13.2 Å². The van der Waals surface area contributed by atoms with Gasteiger partial charge in [0.05, 0.1) is 23.3 Å². The summed E-state index contributed by atoms with van der Waals surface area (Å²) in [5, 5.41) is 9.56. The topological polar surface area (TPSA) is 70.0 Å². The molecule has 0 aliphatic rings. The fourth-order valence-corrected chi connectivity index (χ4v) is 4.17. The van der Waals surface area contributed by atoms with Gasteiger partial charge in [-0.1, -0.05) is 24.3 Å². The molecule has 3 heterocycles. The van der Waals surface area contributed by atoms with Crippen molar-refractivity contribution in [1.29, 1.82) is 0 Å². The molecule has 0 aliphatic heterocycles. The molecule has 10 heteroatoms. The largest absolute Gasteiger partial charge is 0.416 e. The van der Waals surface area contributed by atoms with Gasteiger partial charge in [-0.25, -0.2) is 9.78 Å². The molecule has 5 rings (SSSR count). The van der Waals surface area contributed by atoms with Crippen molar-refractivity contribution in [2.24, 2.45) is 0 Å². The fraction of sp³-hybridized carbons (Fsp3) is 0.250. The predicted octanol–water partition coefficient (Wildman–Crippen LogP) is 4.17. The summed E-state index contributed by atoms with van der Waals surface area (Å²) in [5.74, 6) is 0.492. The molecule has 2 aromatic carbocycles. The number of fused-ring (bicyclic) bond motifs is 3. The van der Waals surface area contributed by atoms with Crippen LogP contribution < -0.4 is 5.69 Å². The van der Waals surface area contributed by atoms with Gasteiger partial charge in [-0.2, -0.15) is 22.8 Å². The zero-order valence-corrected chi connectivity index (χ0v) is 18.5. The van der Waals surface area contributed by atoms with E-state index < -0.39 is 17.4 Å². The third-order valence-corrected chi connectivity index (χ3v) is 5.74. The van der Waals surface area contributed by atoms with Gasteiger partial charge in [-0.15, -0.1) is 5.10 Å². The minimum absolute atomic E-state index is 0.0276. The van der Waals surface area contributed by atoms with Crippen LogP contribution in [0.3, 0.4) is 0 Å². The Balaban J connectivity index is 1.57. The summed E-state index contributed by atoms with van der Waals surface area (Å²) in [6.07, 6.45) is -3.98. The van der Waals surface area contributed by atoms with E-state index in [0.29, 0.717) is 40.9 Å². The Morgan fingerprint density at radius 3 is 2.50 bits per heavy atom. The van der Waals surface area contributed by atoms with Crippen LogP contribution in [-0.4, -0.2) is 28.9 Å². The van der Waals surface area contributed by atoms with Gasteiger partial charge in [0, 0.05) is 24.0 Å². The first-order valence-electron chi connectivity index (χ1n) is 10.7. The summed E-state index contributed by atoms with van der Waals surface area (Å²) >= 11 is 0. The molecule has 34 heavy (non-hydrogen) atoms. The highest BCUT2D eigenvalue weighted by Gasteiger charge is 2.30. The monoisotopic (exact) mass is 466 g/mol. The third-order valence-electron chi connectivity index (χ3n) is 5.74. The number of aromatic nitrogens is 6. The zero-order chi connectivity index (χ0) is 24.0. The second kappa shape index (κ2) is 8.12. The van der Waals surface area contributed by atoms with E-state index >= 15 is 0 Å². The maximum atomic E-state index is 13.4. The summed E-state index contributed by atoms with van der Waals surface area (Å²) < 4.78 is 44.0. The Labute approximate surface area is 192 Å². The average Bonchev–Trinajstić information content (AvgIpc) is 3.37. The second-order valence-corrected chi connectivity index (χ2v) is 8.25. The molecule has 0 spiro atoms. The molecule has 3 aromatic heterocycles. The SMILES string of the molecule is Cc1cc(C)n(CCc2nc3c4ccccc4n(Cc4cccc(C(F)(F)F)c4)c(=O)n3n2)n1. The van der Waals surface area contributed by atoms with Crippen LogP contribution >= 0.6 is 0 Å². The van der Waals surface area contributed by atoms with Crippen molar-refractivity contribution in [3.8, 4) is 0 Å². The van der Waals surface area contributed by atoms with Gasteiger partial charge >= 0.3 is 11.9 Å². The summed E-state index contributed by atoms with van der Waals surface area (Å²) in [4.78, 5) is 18.0. The molecule has 7 nitrogen and oxygen atoms in total. The lowest BCUT2D eigenvalue weighted by Gasteiger charge is -2.13. The quantitative estimate of drug-likeness (QED) is 0.390. The van der Waals surface area contributed by atoms with Gasteiger partial charge in [0.25, 0.3) is 0 Å². The van der Waals surface area contributed by atoms with E-state index in [2.05, 4.69) is 15.2 Å². The van der Waals surface area contributed by atoms with Gasteiger partial charge < -0.3 is 0 Å². The van der Waals surface area contributed by atoms with Crippen LogP contribution in [0.2, 0.25) is 0 Å². The molecular weight excluding hydrogens is 445 g/mol. The number of hydrogen-bond acceptors (Lipinski definition) is 4. The summed E-state index contributed by atoms with van der Waals surface area (Å²) in [5.41, 5.74) is 2.09. The summed E-state index contributed by atoms with van der Waals surface area (Å²) in [6, 6.07) is 14.2. The molecule has 0 unspecified atom stereocenters. The van der Waals surface area contributed by atoms with Crippen molar-refractivity contribution in [1.82, 2.24) is 28.9 Å². The first-order valence-corrected chi connectivity index (χ1v) is 10.7. The van der Waals surface area contributed by atoms with Gasteiger partial charge in [0.15, 0.2) is 11.5 Å². The lowest BCUT2D eigenvalue weighted by atomic mass is 10.1. The van der Waals surface area contributed by atoms with Crippen LogP contribution in [0, 0.1) is 13.8 Å². The van der Waals surface area contributed by atoms with Crippen LogP contribution in [0.15, 0.2) is 59.4 Å². The number of rotatable bonds is 5. The minimum Gasteiger partial charge on any atom is -0.287 e. The van der Waals surface area contributed by atoms with E-state index in [1.807, 2.05) is 36.7 Å². The molecule has 0 bridgehead atoms. The van der Waals surface area contributed by atoms with Crippen molar-refractivity contribution in [2.75, 3.05) is 0 Å². The van der Waals surface area contributed by atoms with E-state index in [4.69, 9.17) is 0 Å². The van der Waals surface area contributed by atoms with E-state index in [1.54, 1.807) is 18.2 Å². The molecular formula is C24H21F3N6O. The lowest BCUT2D eigenvalue weighted by Crippen LogP contribution is -2.28. The Bertz CT molecular complexity index is 1580. The van der Waals surface area contributed by atoms with Gasteiger partial charge in [0.2, 0.25) is 0 Å². The van der Waals surface area contributed by atoms with Crippen LogP contribution in [0.25, 0.3) is 16.6 Å². The summed E-state index contributed by atoms with van der Waals surface area (Å²) in [7, 11) is 0. The number of hydrogen-bond donors (Lipinski definition) is 0. The first kappa shape index (κ1) is 21.9. The van der Waals surface area contributed by atoms with Crippen LogP contribution in [-0.2, 0) is 25.7 Å². The van der Waals surface area contributed by atoms with E-state index in [9.17, 15) is 18.0 Å². The minimum atomic E-state index is -4.46. The third kappa shape index (κ3) is 3.95. The normalized spacial score (nSPS) is 12.1. The number of aryl methyl sites for hydroxylation is 4. The highest BCUT2D eigenvalue weighted by molar-refractivity contribution is 5.91. The van der Waals surface area contributed by atoms with Crippen molar-refractivity contribution in [3.63, 3.8) is 0 Å². The van der Waals surface area contributed by atoms with Crippen molar-refractivity contribution in [3.05, 3.63) is 93.4 Å². The molecule has 0 saturated carbocycles. The van der Waals surface area contributed by atoms with Crippen molar-refractivity contribution >= 4 is 16.6 Å². The smallest absolute Gasteiger partial charge is 0.287 e. The zero-order valence-electron chi connectivity index (χ0n) is 18.5. The molecule has 0 aliphatic carbocycles. The predicted molar refractivity (Wildman–Crippen MR) is 121 cm³/mol. The standard InChI is InChI=1S/C24H21F3N6O/c1-15-12-16(2)32(29-15)11-10-21-28-22-19-8-3-4-9-20(19)31(23(34)33(22)30-21)14-17-6-5-7-18(13-17)24(25,26)27/h3-9,12-13H,10-11,14H2,1-2H3. The molecule has 174 valence electrons. The lowest BCUT2D eigenvalue weighted by molar-refractivity contribution is -0.137. The van der Waals surface area contributed by atoms with E-state index in [1.165, 1.54) is 15.1 Å². The van der Waals surface area contributed by atoms with Gasteiger partial charge in [0.1, 0.15) is 0 Å². The molecule has 0 atom stereocenters. The molecule has 0 fully saturated rings. The summed E-state index contributed by atoms with van der Waals surface area (Å²) in [6.45, 7) is 4.43. The highest BCUT2D eigenvalue weighted by Crippen LogP contribution is 2.30. The van der Waals surface area contributed by atoms with Crippen LogP contribution in [0.4, 0.5) is 13.2 Å². The Kier molecular flexibility index (Phi) is 5.22. The van der Waals surface area contributed by atoms with E-state index in [-0.39, 0.29) is 6.54 Å². The molecule has 0 amide bonds. The molecule has 5 aromatic rings. The van der Waals surface area contributed by atoms with Crippen LogP contribution in [0.5, 0.6) is 0 Å².